The van der Waals surface area contributed by atoms with E-state index in [0.717, 1.165) is 55.8 Å². The first-order valence-electron chi connectivity index (χ1n) is 8.67. The highest BCUT2D eigenvalue weighted by Crippen LogP contribution is 2.43. The summed E-state index contributed by atoms with van der Waals surface area (Å²) in [4.78, 5) is 14.2. The molecule has 3 aliphatic rings. The largest absolute Gasteiger partial charge is 0.396 e. The van der Waals surface area contributed by atoms with Crippen molar-refractivity contribution in [2.24, 2.45) is 11.3 Å². The van der Waals surface area contributed by atoms with Gasteiger partial charge in [-0.25, -0.2) is 4.98 Å². The van der Waals surface area contributed by atoms with Crippen LogP contribution in [0, 0.1) is 25.2 Å². The molecule has 0 aliphatic carbocycles. The lowest BCUT2D eigenvalue weighted by molar-refractivity contribution is 0.0989. The first kappa shape index (κ1) is 15.1. The lowest BCUT2D eigenvalue weighted by atomic mass is 9.82. The molecule has 3 fully saturated rings. The molecule has 0 spiro atoms. The monoisotopic (exact) mass is 318 g/mol. The third-order valence-corrected chi connectivity index (χ3v) is 5.88. The third kappa shape index (κ3) is 2.39. The van der Waals surface area contributed by atoms with Crippen molar-refractivity contribution in [3.63, 3.8) is 0 Å². The summed E-state index contributed by atoms with van der Waals surface area (Å²) in [6.07, 6.45) is 2.45. The molecule has 2 atom stereocenters. The van der Waals surface area contributed by atoms with Crippen molar-refractivity contribution < 1.29 is 9.84 Å². The Kier molecular flexibility index (Phi) is 3.69. The van der Waals surface area contributed by atoms with Gasteiger partial charge < -0.3 is 19.6 Å². The van der Waals surface area contributed by atoms with Gasteiger partial charge in [-0.1, -0.05) is 0 Å². The number of aromatic nitrogens is 2. The van der Waals surface area contributed by atoms with Crippen molar-refractivity contribution in [3.05, 3.63) is 11.3 Å². The van der Waals surface area contributed by atoms with Crippen LogP contribution in [0.1, 0.15) is 24.1 Å². The number of nitrogens with zero attached hydrogens (tertiary/aromatic N) is 4. The van der Waals surface area contributed by atoms with Crippen LogP contribution in [-0.2, 0) is 4.74 Å². The summed E-state index contributed by atoms with van der Waals surface area (Å²) in [6, 6.07) is 0. The fourth-order valence-electron chi connectivity index (χ4n) is 4.18. The Balaban J connectivity index is 1.66. The molecule has 1 aromatic rings. The third-order valence-electron chi connectivity index (χ3n) is 5.88. The molecule has 6 nitrogen and oxygen atoms in total. The second-order valence-electron chi connectivity index (χ2n) is 7.36. The number of anilines is 2. The Morgan fingerprint density at radius 1 is 1.22 bits per heavy atom. The van der Waals surface area contributed by atoms with Crippen molar-refractivity contribution in [1.29, 1.82) is 0 Å². The molecule has 3 saturated heterocycles. The average molecular weight is 318 g/mol. The van der Waals surface area contributed by atoms with Crippen LogP contribution >= 0.6 is 0 Å². The molecule has 126 valence electrons. The highest BCUT2D eigenvalue weighted by atomic mass is 16.5. The average Bonchev–Trinajstić information content (AvgIpc) is 3.24. The van der Waals surface area contributed by atoms with Crippen molar-refractivity contribution in [2.75, 3.05) is 55.8 Å². The zero-order valence-corrected chi connectivity index (χ0v) is 14.1. The summed E-state index contributed by atoms with van der Waals surface area (Å²) in [7, 11) is 0. The molecule has 0 saturated carbocycles. The Hall–Kier alpha value is -1.40. The Morgan fingerprint density at radius 3 is 2.70 bits per heavy atom. The van der Waals surface area contributed by atoms with Gasteiger partial charge in [0.15, 0.2) is 0 Å². The SMILES string of the molecule is Cc1nc(N2CCCC2)nc(N2C[C@H]3COC[C@@]3(CO)C2)c1C. The van der Waals surface area contributed by atoms with Gasteiger partial charge in [-0.15, -0.1) is 0 Å². The standard InChI is InChI=1S/C17H26N4O2/c1-12-13(2)18-16(20-5-3-4-6-20)19-15(12)21-7-14-8-23-11-17(14,9-21)10-22/h14,22H,3-11H2,1-2H3/t14-,17-/m0/s1. The number of hydrogen-bond acceptors (Lipinski definition) is 6. The summed E-state index contributed by atoms with van der Waals surface area (Å²) in [6.45, 7) is 9.62. The number of ether oxygens (including phenoxy) is 1. The molecular formula is C17H26N4O2. The second kappa shape index (κ2) is 5.60. The smallest absolute Gasteiger partial charge is 0.227 e. The summed E-state index contributed by atoms with van der Waals surface area (Å²) in [5, 5.41) is 9.90. The second-order valence-corrected chi connectivity index (χ2v) is 7.36. The van der Waals surface area contributed by atoms with Crippen LogP contribution in [-0.4, -0.2) is 61.1 Å². The minimum Gasteiger partial charge on any atom is -0.396 e. The van der Waals surface area contributed by atoms with Crippen LogP contribution in [0.4, 0.5) is 11.8 Å². The molecule has 0 aromatic carbocycles. The van der Waals surface area contributed by atoms with Crippen molar-refractivity contribution >= 4 is 11.8 Å². The van der Waals surface area contributed by atoms with E-state index >= 15 is 0 Å². The van der Waals surface area contributed by atoms with E-state index in [-0.39, 0.29) is 12.0 Å². The summed E-state index contributed by atoms with van der Waals surface area (Å²) >= 11 is 0. The molecule has 0 amide bonds. The molecule has 4 rings (SSSR count). The predicted octanol–water partition coefficient (Wildman–Crippen LogP) is 1.14. The lowest BCUT2D eigenvalue weighted by Gasteiger charge is -2.27. The van der Waals surface area contributed by atoms with Gasteiger partial charge in [0.2, 0.25) is 5.95 Å². The first-order chi connectivity index (χ1) is 11.1. The van der Waals surface area contributed by atoms with E-state index in [1.807, 2.05) is 0 Å². The molecule has 0 unspecified atom stereocenters. The number of fused-ring (bicyclic) bond motifs is 1. The topological polar surface area (TPSA) is 61.7 Å². The minimum absolute atomic E-state index is 0.112. The van der Waals surface area contributed by atoms with E-state index in [2.05, 4.69) is 23.6 Å². The van der Waals surface area contributed by atoms with Crippen LogP contribution in [0.25, 0.3) is 0 Å². The zero-order chi connectivity index (χ0) is 16.0. The summed E-state index contributed by atoms with van der Waals surface area (Å²) in [5.41, 5.74) is 2.10. The molecule has 3 aliphatic heterocycles. The van der Waals surface area contributed by atoms with Crippen LogP contribution in [0.5, 0.6) is 0 Å². The van der Waals surface area contributed by atoms with Gasteiger partial charge in [0.1, 0.15) is 5.82 Å². The van der Waals surface area contributed by atoms with Gasteiger partial charge >= 0.3 is 0 Å². The predicted molar refractivity (Wildman–Crippen MR) is 89.0 cm³/mol. The molecule has 1 aromatic heterocycles. The van der Waals surface area contributed by atoms with E-state index in [1.165, 1.54) is 12.8 Å². The quantitative estimate of drug-likeness (QED) is 0.902. The van der Waals surface area contributed by atoms with Crippen molar-refractivity contribution in [3.8, 4) is 0 Å². The van der Waals surface area contributed by atoms with Gasteiger partial charge in [-0.3, -0.25) is 0 Å². The molecule has 6 heteroatoms. The Morgan fingerprint density at radius 2 is 2.00 bits per heavy atom. The summed E-state index contributed by atoms with van der Waals surface area (Å²) < 4.78 is 5.62. The van der Waals surface area contributed by atoms with Crippen LogP contribution in [0.2, 0.25) is 0 Å². The van der Waals surface area contributed by atoms with Gasteiger partial charge in [0.05, 0.1) is 19.8 Å². The molecule has 0 radical (unpaired) electrons. The number of hydrogen-bond donors (Lipinski definition) is 1. The van der Waals surface area contributed by atoms with Crippen LogP contribution in [0.3, 0.4) is 0 Å². The highest BCUT2D eigenvalue weighted by Gasteiger charge is 2.51. The fourth-order valence-corrected chi connectivity index (χ4v) is 4.18. The zero-order valence-electron chi connectivity index (χ0n) is 14.1. The van der Waals surface area contributed by atoms with Gasteiger partial charge in [0.25, 0.3) is 0 Å². The Labute approximate surface area is 137 Å². The molecule has 0 bridgehead atoms. The molecular weight excluding hydrogens is 292 g/mol. The van der Waals surface area contributed by atoms with Crippen LogP contribution < -0.4 is 9.80 Å². The number of aliphatic hydroxyl groups is 1. The molecule has 1 N–H and O–H groups in total. The maximum absolute atomic E-state index is 9.90. The fraction of sp³-hybridized carbons (Fsp3) is 0.765. The maximum Gasteiger partial charge on any atom is 0.227 e. The van der Waals surface area contributed by atoms with Crippen molar-refractivity contribution in [2.45, 2.75) is 26.7 Å². The Bertz CT molecular complexity index is 603. The normalized spacial score (nSPS) is 30.3. The minimum atomic E-state index is -0.112. The van der Waals surface area contributed by atoms with E-state index in [1.54, 1.807) is 0 Å². The number of aliphatic hydroxyl groups excluding tert-OH is 1. The van der Waals surface area contributed by atoms with Crippen molar-refractivity contribution in [1.82, 2.24) is 9.97 Å². The van der Waals surface area contributed by atoms with Gasteiger partial charge in [0, 0.05) is 48.8 Å². The number of aryl methyl sites for hydroxylation is 1. The molecule has 23 heavy (non-hydrogen) atoms. The summed E-state index contributed by atoms with van der Waals surface area (Å²) in [5.74, 6) is 2.31. The van der Waals surface area contributed by atoms with E-state index < -0.39 is 0 Å². The van der Waals surface area contributed by atoms with Gasteiger partial charge in [-0.05, 0) is 26.7 Å². The first-order valence-corrected chi connectivity index (χ1v) is 8.67. The van der Waals surface area contributed by atoms with E-state index in [4.69, 9.17) is 14.7 Å². The van der Waals surface area contributed by atoms with E-state index in [9.17, 15) is 5.11 Å². The number of rotatable bonds is 3. The van der Waals surface area contributed by atoms with Crippen LogP contribution in [0.15, 0.2) is 0 Å². The lowest BCUT2D eigenvalue weighted by Crippen LogP contribution is -2.35. The van der Waals surface area contributed by atoms with Gasteiger partial charge in [-0.2, -0.15) is 4.98 Å². The molecule has 4 heterocycles. The highest BCUT2D eigenvalue weighted by molar-refractivity contribution is 5.54. The maximum atomic E-state index is 9.90. The van der Waals surface area contributed by atoms with E-state index in [0.29, 0.717) is 12.5 Å².